The van der Waals surface area contributed by atoms with E-state index in [9.17, 15) is 13.2 Å². The second kappa shape index (κ2) is 8.53. The van der Waals surface area contributed by atoms with Crippen LogP contribution in [0.5, 0.6) is 17.2 Å². The predicted molar refractivity (Wildman–Crippen MR) is 110 cm³/mol. The van der Waals surface area contributed by atoms with Gasteiger partial charge in [-0.2, -0.15) is 4.31 Å². The number of sulfonamides is 1. The number of rotatable bonds is 6. The lowest BCUT2D eigenvalue weighted by molar-refractivity contribution is -0.118. The van der Waals surface area contributed by atoms with Gasteiger partial charge in [0.1, 0.15) is 5.75 Å². The second-order valence-corrected chi connectivity index (χ2v) is 9.42. The van der Waals surface area contributed by atoms with Crippen LogP contribution in [0.25, 0.3) is 0 Å². The van der Waals surface area contributed by atoms with Gasteiger partial charge in [-0.15, -0.1) is 0 Å². The van der Waals surface area contributed by atoms with Crippen LogP contribution in [-0.4, -0.2) is 45.1 Å². The molecule has 1 N–H and O–H groups in total. The van der Waals surface area contributed by atoms with Crippen molar-refractivity contribution in [2.45, 2.75) is 24.7 Å². The summed E-state index contributed by atoms with van der Waals surface area (Å²) in [6.45, 7) is 3.12. The van der Waals surface area contributed by atoms with E-state index < -0.39 is 10.0 Å². The Morgan fingerprint density at radius 2 is 1.93 bits per heavy atom. The minimum absolute atomic E-state index is 0.168. The van der Waals surface area contributed by atoms with Gasteiger partial charge < -0.3 is 19.5 Å². The largest absolute Gasteiger partial charge is 0.484 e. The molecule has 1 fully saturated rings. The fourth-order valence-corrected chi connectivity index (χ4v) is 5.13. The first-order valence-electron chi connectivity index (χ1n) is 9.84. The summed E-state index contributed by atoms with van der Waals surface area (Å²) in [4.78, 5) is 12.4. The van der Waals surface area contributed by atoms with Crippen LogP contribution in [0.2, 0.25) is 0 Å². The molecule has 0 radical (unpaired) electrons. The minimum Gasteiger partial charge on any atom is -0.484 e. The van der Waals surface area contributed by atoms with Gasteiger partial charge in [0.2, 0.25) is 16.8 Å². The lowest BCUT2D eigenvalue weighted by Crippen LogP contribution is -2.39. The Bertz CT molecular complexity index is 1020. The Morgan fingerprint density at radius 1 is 1.17 bits per heavy atom. The van der Waals surface area contributed by atoms with E-state index in [4.69, 9.17) is 14.2 Å². The summed E-state index contributed by atoms with van der Waals surface area (Å²) >= 11 is 0. The number of anilines is 1. The average molecular weight is 432 g/mol. The maximum atomic E-state index is 12.8. The second-order valence-electron chi connectivity index (χ2n) is 7.49. The molecule has 2 aromatic rings. The third kappa shape index (κ3) is 4.52. The highest BCUT2D eigenvalue weighted by molar-refractivity contribution is 7.89. The minimum atomic E-state index is -3.52. The smallest absolute Gasteiger partial charge is 0.262 e. The fourth-order valence-electron chi connectivity index (χ4n) is 3.54. The Labute approximate surface area is 175 Å². The molecule has 0 bridgehead atoms. The monoisotopic (exact) mass is 432 g/mol. The molecule has 9 heteroatoms. The van der Waals surface area contributed by atoms with Gasteiger partial charge in [-0.3, -0.25) is 4.79 Å². The maximum Gasteiger partial charge on any atom is 0.262 e. The molecule has 2 aliphatic heterocycles. The molecule has 0 spiro atoms. The summed E-state index contributed by atoms with van der Waals surface area (Å²) in [6, 6.07) is 11.3. The molecule has 1 atom stereocenters. The molecule has 0 saturated carbocycles. The van der Waals surface area contributed by atoms with Crippen molar-refractivity contribution >= 4 is 21.6 Å². The van der Waals surface area contributed by atoms with Crippen LogP contribution in [0.4, 0.5) is 5.69 Å². The number of nitrogens with zero attached hydrogens (tertiary/aromatic N) is 1. The van der Waals surface area contributed by atoms with Crippen LogP contribution >= 0.6 is 0 Å². The summed E-state index contributed by atoms with van der Waals surface area (Å²) in [5.74, 6) is 1.71. The van der Waals surface area contributed by atoms with Crippen LogP contribution in [0.1, 0.15) is 19.8 Å². The van der Waals surface area contributed by atoms with Gasteiger partial charge in [-0.25, -0.2) is 8.42 Å². The van der Waals surface area contributed by atoms with Gasteiger partial charge in [0.25, 0.3) is 5.91 Å². The van der Waals surface area contributed by atoms with E-state index in [1.165, 1.54) is 16.4 Å². The number of hydrogen-bond donors (Lipinski definition) is 1. The summed E-state index contributed by atoms with van der Waals surface area (Å²) in [5, 5.41) is 2.70. The van der Waals surface area contributed by atoms with Gasteiger partial charge in [0.15, 0.2) is 18.1 Å². The number of carbonyl (C=O) groups is 1. The number of amides is 1. The number of carbonyl (C=O) groups excluding carboxylic acids is 1. The van der Waals surface area contributed by atoms with Crippen LogP contribution < -0.4 is 19.5 Å². The molecule has 1 amide bonds. The van der Waals surface area contributed by atoms with Gasteiger partial charge in [-0.05, 0) is 55.2 Å². The highest BCUT2D eigenvalue weighted by Gasteiger charge is 2.28. The van der Waals surface area contributed by atoms with Crippen LogP contribution in [0, 0.1) is 5.92 Å². The van der Waals surface area contributed by atoms with E-state index in [1.807, 2.05) is 0 Å². The van der Waals surface area contributed by atoms with E-state index in [0.717, 1.165) is 12.8 Å². The quantitative estimate of drug-likeness (QED) is 0.754. The van der Waals surface area contributed by atoms with E-state index in [1.54, 1.807) is 30.3 Å². The molecule has 0 aromatic heterocycles. The topological polar surface area (TPSA) is 94.2 Å². The molecule has 2 heterocycles. The lowest BCUT2D eigenvalue weighted by Gasteiger charge is -2.30. The predicted octanol–water partition coefficient (Wildman–Crippen LogP) is 2.85. The van der Waals surface area contributed by atoms with Crippen LogP contribution in [-0.2, 0) is 14.8 Å². The fraction of sp³-hybridized carbons (Fsp3) is 0.381. The first kappa shape index (κ1) is 20.5. The summed E-state index contributed by atoms with van der Waals surface area (Å²) in [5.41, 5.74) is 0.500. The van der Waals surface area contributed by atoms with E-state index in [-0.39, 0.29) is 24.2 Å². The molecule has 1 unspecified atom stereocenters. The van der Waals surface area contributed by atoms with Gasteiger partial charge in [-0.1, -0.05) is 6.92 Å². The average Bonchev–Trinajstić information content (AvgIpc) is 3.20. The number of benzene rings is 2. The summed E-state index contributed by atoms with van der Waals surface area (Å²) < 4.78 is 43.1. The van der Waals surface area contributed by atoms with Crippen molar-refractivity contribution in [2.75, 3.05) is 31.8 Å². The molecule has 4 rings (SSSR count). The van der Waals surface area contributed by atoms with Gasteiger partial charge >= 0.3 is 0 Å². The summed E-state index contributed by atoms with van der Waals surface area (Å²) in [7, 11) is -3.52. The van der Waals surface area contributed by atoms with Crippen molar-refractivity contribution in [1.82, 2.24) is 4.31 Å². The SMILES string of the molecule is CC1CCCN(S(=O)(=O)c2ccc(NC(=O)COc3ccc4c(c3)OCO4)cc2)C1. The molecule has 160 valence electrons. The lowest BCUT2D eigenvalue weighted by atomic mass is 10.0. The highest BCUT2D eigenvalue weighted by Crippen LogP contribution is 2.35. The molecular formula is C21H24N2O6S. The Morgan fingerprint density at radius 3 is 2.70 bits per heavy atom. The van der Waals surface area contributed by atoms with Crippen molar-refractivity contribution in [2.24, 2.45) is 5.92 Å². The standard InChI is InChI=1S/C21H24N2O6S/c1-15-3-2-10-23(12-15)30(25,26)18-7-4-16(5-8-18)22-21(24)13-27-17-6-9-19-20(11-17)29-14-28-19/h4-9,11,15H,2-3,10,12-14H2,1H3,(H,22,24). The van der Waals surface area contributed by atoms with Crippen LogP contribution in [0.15, 0.2) is 47.4 Å². The Balaban J connectivity index is 1.33. The molecular weight excluding hydrogens is 408 g/mol. The summed E-state index contributed by atoms with van der Waals surface area (Å²) in [6.07, 6.45) is 1.92. The van der Waals surface area contributed by atoms with E-state index in [2.05, 4.69) is 12.2 Å². The molecule has 2 aliphatic rings. The van der Waals surface area contributed by atoms with Crippen molar-refractivity contribution in [1.29, 1.82) is 0 Å². The van der Waals surface area contributed by atoms with Crippen molar-refractivity contribution < 1.29 is 27.4 Å². The van der Waals surface area contributed by atoms with Crippen LogP contribution in [0.3, 0.4) is 0 Å². The zero-order valence-electron chi connectivity index (χ0n) is 16.7. The molecule has 2 aromatic carbocycles. The Kier molecular flexibility index (Phi) is 5.83. The third-order valence-corrected chi connectivity index (χ3v) is 6.99. The van der Waals surface area contributed by atoms with E-state index >= 15 is 0 Å². The number of ether oxygens (including phenoxy) is 3. The number of piperidine rings is 1. The van der Waals surface area contributed by atoms with Crippen molar-refractivity contribution in [3.05, 3.63) is 42.5 Å². The third-order valence-electron chi connectivity index (χ3n) is 5.11. The van der Waals surface area contributed by atoms with Gasteiger partial charge in [0, 0.05) is 24.8 Å². The zero-order valence-corrected chi connectivity index (χ0v) is 17.5. The molecule has 0 aliphatic carbocycles. The number of nitrogens with one attached hydrogen (secondary N) is 1. The molecule has 30 heavy (non-hydrogen) atoms. The maximum absolute atomic E-state index is 12.8. The zero-order chi connectivity index (χ0) is 21.1. The first-order valence-corrected chi connectivity index (χ1v) is 11.3. The highest BCUT2D eigenvalue weighted by atomic mass is 32.2. The first-order chi connectivity index (χ1) is 14.4. The van der Waals surface area contributed by atoms with Gasteiger partial charge in [0.05, 0.1) is 4.90 Å². The molecule has 1 saturated heterocycles. The number of hydrogen-bond acceptors (Lipinski definition) is 6. The normalized spacial score (nSPS) is 18.8. The van der Waals surface area contributed by atoms with Crippen molar-refractivity contribution in [3.8, 4) is 17.2 Å². The van der Waals surface area contributed by atoms with E-state index in [0.29, 0.717) is 41.9 Å². The molecule has 8 nitrogen and oxygen atoms in total. The number of fused-ring (bicyclic) bond motifs is 1. The Hall–Kier alpha value is -2.78. The van der Waals surface area contributed by atoms with Crippen molar-refractivity contribution in [3.63, 3.8) is 0 Å².